The molecule has 4 N–H and O–H groups in total. The monoisotopic (exact) mass is 568 g/mol. The van der Waals surface area contributed by atoms with Crippen LogP contribution in [-0.4, -0.2) is 72.7 Å². The van der Waals surface area contributed by atoms with Crippen molar-refractivity contribution in [2.45, 2.75) is 70.0 Å². The second kappa shape index (κ2) is 11.5. The summed E-state index contributed by atoms with van der Waals surface area (Å²) in [5.41, 5.74) is 14.8. The standard InChI is InChI=1S/C32H44F2N5O2/c1-5-6-13-25-19-23-11-7-8-14-26(23)28(37-25)40-18-17-39(3,4)21-31(36)29(35)41-30(31)38-16-15-32(33,34)27-22(2)10-9-12-24(27)20-38/h7-12,14,19,29-30H,5-6,13,15-18,20-21,35-36H2,1-4H3/q+1. The number of hydrogen-bond donors (Lipinski definition) is 2. The SMILES string of the molecule is CCCCc1cc2ccccc2c(OCC[N+](C)(C)CC2(N)C(N)OC2N2CCC(F)(F)c3c(C)cccc3C2)n1. The zero-order chi connectivity index (χ0) is 29.4. The molecule has 7 nitrogen and oxygen atoms in total. The topological polar surface area (TPSA) is 86.6 Å². The molecule has 3 atom stereocenters. The van der Waals surface area contributed by atoms with Gasteiger partial charge >= 0.3 is 0 Å². The van der Waals surface area contributed by atoms with Gasteiger partial charge in [-0.25, -0.2) is 13.8 Å². The third kappa shape index (κ3) is 6.10. The summed E-state index contributed by atoms with van der Waals surface area (Å²) in [6.07, 6.45) is 1.57. The molecule has 1 saturated heterocycles. The van der Waals surface area contributed by atoms with E-state index in [1.54, 1.807) is 19.1 Å². The smallest absolute Gasteiger partial charge is 0.275 e. The van der Waals surface area contributed by atoms with E-state index in [0.29, 0.717) is 47.7 Å². The number of rotatable bonds is 10. The summed E-state index contributed by atoms with van der Waals surface area (Å²) < 4.78 is 43.0. The van der Waals surface area contributed by atoms with Crippen molar-refractivity contribution in [1.82, 2.24) is 9.88 Å². The lowest BCUT2D eigenvalue weighted by molar-refractivity contribution is -0.896. The van der Waals surface area contributed by atoms with Gasteiger partial charge in [-0.05, 0) is 48.4 Å². The molecule has 1 fully saturated rings. The van der Waals surface area contributed by atoms with E-state index in [0.717, 1.165) is 35.7 Å². The Morgan fingerprint density at radius 1 is 1.17 bits per heavy atom. The Morgan fingerprint density at radius 3 is 2.71 bits per heavy atom. The molecule has 222 valence electrons. The molecule has 0 saturated carbocycles. The highest BCUT2D eigenvalue weighted by atomic mass is 19.3. The molecule has 0 spiro atoms. The highest BCUT2D eigenvalue weighted by Gasteiger charge is 2.59. The molecule has 2 aliphatic rings. The van der Waals surface area contributed by atoms with Gasteiger partial charge < -0.3 is 25.4 Å². The third-order valence-electron chi connectivity index (χ3n) is 8.59. The fourth-order valence-corrected chi connectivity index (χ4v) is 6.37. The maximum atomic E-state index is 15.1. The van der Waals surface area contributed by atoms with Crippen LogP contribution in [0.15, 0.2) is 48.5 Å². The van der Waals surface area contributed by atoms with Gasteiger partial charge in [0.15, 0.2) is 0 Å². The zero-order valence-corrected chi connectivity index (χ0v) is 24.7. The molecule has 3 unspecified atom stereocenters. The van der Waals surface area contributed by atoms with E-state index < -0.39 is 23.9 Å². The molecule has 3 aromatic rings. The summed E-state index contributed by atoms with van der Waals surface area (Å²) in [6.45, 7) is 6.03. The predicted octanol–water partition coefficient (Wildman–Crippen LogP) is 4.68. The molecule has 5 rings (SSSR count). The first-order valence-corrected chi connectivity index (χ1v) is 14.7. The molecule has 1 aromatic heterocycles. The average Bonchev–Trinajstić information content (AvgIpc) is 3.05. The van der Waals surface area contributed by atoms with Gasteiger partial charge in [0.25, 0.3) is 5.92 Å². The molecule has 2 aromatic carbocycles. The number of benzene rings is 2. The lowest BCUT2D eigenvalue weighted by Crippen LogP contribution is -2.82. The van der Waals surface area contributed by atoms with E-state index in [9.17, 15) is 0 Å². The van der Waals surface area contributed by atoms with Crippen LogP contribution in [0.1, 0.15) is 48.6 Å². The summed E-state index contributed by atoms with van der Waals surface area (Å²) in [4.78, 5) is 6.76. The first-order valence-electron chi connectivity index (χ1n) is 14.7. The number of hydrogen-bond acceptors (Lipinski definition) is 6. The van der Waals surface area contributed by atoms with Crippen molar-refractivity contribution in [1.29, 1.82) is 0 Å². The number of fused-ring (bicyclic) bond motifs is 2. The quantitative estimate of drug-likeness (QED) is 0.346. The molecule has 41 heavy (non-hydrogen) atoms. The Balaban J connectivity index is 1.27. The first kappa shape index (κ1) is 29.8. The number of pyridine rings is 1. The number of aryl methyl sites for hydroxylation is 2. The van der Waals surface area contributed by atoms with E-state index in [1.807, 2.05) is 29.2 Å². The number of nitrogens with two attached hydrogens (primary N) is 2. The molecule has 9 heteroatoms. The highest BCUT2D eigenvalue weighted by molar-refractivity contribution is 5.87. The molecular formula is C32H44F2N5O2+. The summed E-state index contributed by atoms with van der Waals surface area (Å²) in [6, 6.07) is 15.6. The lowest BCUT2D eigenvalue weighted by atomic mass is 9.88. The van der Waals surface area contributed by atoms with Crippen LogP contribution in [0.4, 0.5) is 8.78 Å². The van der Waals surface area contributed by atoms with Gasteiger partial charge in [-0.3, -0.25) is 4.90 Å². The van der Waals surface area contributed by atoms with Crippen molar-refractivity contribution < 1.29 is 22.7 Å². The number of nitrogens with zero attached hydrogens (tertiary/aromatic N) is 3. The van der Waals surface area contributed by atoms with Crippen molar-refractivity contribution in [3.05, 3.63) is 70.9 Å². The highest BCUT2D eigenvalue weighted by Crippen LogP contribution is 2.42. The minimum absolute atomic E-state index is 0.127. The summed E-state index contributed by atoms with van der Waals surface area (Å²) in [5.74, 6) is -2.25. The summed E-state index contributed by atoms with van der Waals surface area (Å²) in [7, 11) is 4.16. The van der Waals surface area contributed by atoms with Gasteiger partial charge in [0.1, 0.15) is 37.7 Å². The Labute approximate surface area is 242 Å². The number of ether oxygens (including phenoxy) is 2. The van der Waals surface area contributed by atoms with Crippen molar-refractivity contribution in [3.63, 3.8) is 0 Å². The van der Waals surface area contributed by atoms with E-state index in [2.05, 4.69) is 33.2 Å². The number of halogens is 2. The normalized spacial score (nSPS) is 24.5. The second-order valence-corrected chi connectivity index (χ2v) is 12.5. The number of unbranched alkanes of at least 4 members (excludes halogenated alkanes) is 1. The molecule has 0 bridgehead atoms. The number of aromatic nitrogens is 1. The molecule has 3 heterocycles. The minimum atomic E-state index is -2.91. The van der Waals surface area contributed by atoms with Crippen LogP contribution in [0.25, 0.3) is 10.8 Å². The molecule has 0 radical (unpaired) electrons. The van der Waals surface area contributed by atoms with E-state index in [1.165, 1.54) is 0 Å². The molecular weight excluding hydrogens is 524 g/mol. The van der Waals surface area contributed by atoms with Crippen LogP contribution < -0.4 is 16.2 Å². The van der Waals surface area contributed by atoms with Crippen molar-refractivity contribution in [2.24, 2.45) is 11.5 Å². The van der Waals surface area contributed by atoms with Crippen LogP contribution in [0.3, 0.4) is 0 Å². The van der Waals surface area contributed by atoms with Gasteiger partial charge in [0.05, 0.1) is 14.1 Å². The van der Waals surface area contributed by atoms with Crippen LogP contribution in [0.2, 0.25) is 0 Å². The summed E-state index contributed by atoms with van der Waals surface area (Å²) >= 11 is 0. The number of alkyl halides is 2. The van der Waals surface area contributed by atoms with Crippen molar-refractivity contribution >= 4 is 10.8 Å². The Morgan fingerprint density at radius 2 is 1.95 bits per heavy atom. The van der Waals surface area contributed by atoms with Gasteiger partial charge in [0.2, 0.25) is 5.88 Å². The van der Waals surface area contributed by atoms with E-state index >= 15 is 8.78 Å². The lowest BCUT2D eigenvalue weighted by Gasteiger charge is -2.56. The average molecular weight is 569 g/mol. The Bertz CT molecular complexity index is 1380. The maximum Gasteiger partial charge on any atom is 0.275 e. The fourth-order valence-electron chi connectivity index (χ4n) is 6.37. The largest absolute Gasteiger partial charge is 0.471 e. The second-order valence-electron chi connectivity index (χ2n) is 12.5. The van der Waals surface area contributed by atoms with Crippen molar-refractivity contribution in [3.8, 4) is 5.88 Å². The molecule has 0 amide bonds. The fraction of sp³-hybridized carbons (Fsp3) is 0.531. The minimum Gasteiger partial charge on any atom is -0.471 e. The summed E-state index contributed by atoms with van der Waals surface area (Å²) in [5, 5.41) is 2.12. The van der Waals surface area contributed by atoms with Crippen LogP contribution in [0, 0.1) is 6.92 Å². The van der Waals surface area contributed by atoms with E-state index in [4.69, 9.17) is 25.9 Å². The number of quaternary nitrogens is 1. The Kier molecular flexibility index (Phi) is 8.38. The third-order valence-corrected chi connectivity index (χ3v) is 8.59. The van der Waals surface area contributed by atoms with E-state index in [-0.39, 0.29) is 18.5 Å². The Hall–Kier alpha value is -2.69. The van der Waals surface area contributed by atoms with Gasteiger partial charge in [-0.2, -0.15) is 0 Å². The number of likely N-dealkylation sites (N-methyl/N-ethyl adjacent to an activating group) is 1. The van der Waals surface area contributed by atoms with Crippen LogP contribution in [0.5, 0.6) is 5.88 Å². The first-order chi connectivity index (χ1) is 19.4. The predicted molar refractivity (Wildman–Crippen MR) is 158 cm³/mol. The van der Waals surface area contributed by atoms with Crippen LogP contribution in [-0.2, 0) is 23.6 Å². The van der Waals surface area contributed by atoms with Gasteiger partial charge in [-0.15, -0.1) is 0 Å². The van der Waals surface area contributed by atoms with Gasteiger partial charge in [0, 0.05) is 36.2 Å². The maximum absolute atomic E-state index is 15.1. The van der Waals surface area contributed by atoms with Gasteiger partial charge in [-0.1, -0.05) is 49.7 Å². The molecule has 0 aliphatic carbocycles. The van der Waals surface area contributed by atoms with Crippen molar-refractivity contribution in [2.75, 3.05) is 40.3 Å². The zero-order valence-electron chi connectivity index (χ0n) is 24.7. The molecule has 2 aliphatic heterocycles. The van der Waals surface area contributed by atoms with Crippen LogP contribution >= 0.6 is 0 Å².